The van der Waals surface area contributed by atoms with Crippen molar-refractivity contribution in [2.75, 3.05) is 12.8 Å². The van der Waals surface area contributed by atoms with Crippen LogP contribution >= 0.6 is 0 Å². The van der Waals surface area contributed by atoms with E-state index in [4.69, 9.17) is 14.9 Å². The van der Waals surface area contributed by atoms with Crippen LogP contribution in [0.15, 0.2) is 57.7 Å². The van der Waals surface area contributed by atoms with Gasteiger partial charge in [0.05, 0.1) is 12.7 Å². The molecule has 3 aromatic rings. The minimum Gasteiger partial charge on any atom is -0.465 e. The van der Waals surface area contributed by atoms with Crippen LogP contribution in [0.3, 0.4) is 0 Å². The van der Waals surface area contributed by atoms with Gasteiger partial charge in [0.2, 0.25) is 0 Å². The maximum absolute atomic E-state index is 12.1. The summed E-state index contributed by atoms with van der Waals surface area (Å²) in [6.07, 6.45) is 0. The lowest BCUT2D eigenvalue weighted by Gasteiger charge is -2.11. The molecule has 0 saturated carbocycles. The Morgan fingerprint density at radius 2 is 1.86 bits per heavy atom. The number of nitrogen functional groups attached to an aromatic ring is 1. The normalized spacial score (nSPS) is 10.6. The van der Waals surface area contributed by atoms with Crippen molar-refractivity contribution in [3.05, 3.63) is 64.5 Å². The highest BCUT2D eigenvalue weighted by atomic mass is 16.5. The van der Waals surface area contributed by atoms with Crippen LogP contribution in [0.5, 0.6) is 0 Å². The van der Waals surface area contributed by atoms with Crippen molar-refractivity contribution in [1.29, 1.82) is 0 Å². The zero-order valence-corrected chi connectivity index (χ0v) is 11.8. The number of rotatable bonds is 2. The van der Waals surface area contributed by atoms with Crippen molar-refractivity contribution in [2.24, 2.45) is 0 Å². The van der Waals surface area contributed by atoms with Gasteiger partial charge in [-0.1, -0.05) is 18.2 Å². The topological polar surface area (TPSA) is 82.5 Å². The molecule has 0 bridgehead atoms. The molecule has 0 atom stereocenters. The SMILES string of the molecule is COC(=O)c1cc2oc(=O)ccc2cc1-c1ccccc1N. The summed E-state index contributed by atoms with van der Waals surface area (Å²) in [6.45, 7) is 0. The Kier molecular flexibility index (Phi) is 3.39. The predicted molar refractivity (Wildman–Crippen MR) is 83.7 cm³/mol. The average Bonchev–Trinajstić information content (AvgIpc) is 2.53. The highest BCUT2D eigenvalue weighted by Gasteiger charge is 2.17. The third kappa shape index (κ3) is 2.33. The zero-order chi connectivity index (χ0) is 15.7. The van der Waals surface area contributed by atoms with E-state index in [1.807, 2.05) is 18.2 Å². The zero-order valence-electron chi connectivity index (χ0n) is 11.8. The van der Waals surface area contributed by atoms with E-state index >= 15 is 0 Å². The summed E-state index contributed by atoms with van der Waals surface area (Å²) in [4.78, 5) is 23.4. The highest BCUT2D eigenvalue weighted by Crippen LogP contribution is 2.32. The fraction of sp³-hybridized carbons (Fsp3) is 0.0588. The van der Waals surface area contributed by atoms with Crippen LogP contribution in [0.4, 0.5) is 5.69 Å². The molecule has 2 aromatic carbocycles. The van der Waals surface area contributed by atoms with Crippen LogP contribution in [-0.4, -0.2) is 13.1 Å². The van der Waals surface area contributed by atoms with Crippen molar-refractivity contribution in [3.63, 3.8) is 0 Å². The maximum Gasteiger partial charge on any atom is 0.338 e. The monoisotopic (exact) mass is 295 g/mol. The van der Waals surface area contributed by atoms with Gasteiger partial charge in [0.15, 0.2) is 0 Å². The smallest absolute Gasteiger partial charge is 0.338 e. The van der Waals surface area contributed by atoms with Gasteiger partial charge in [-0.15, -0.1) is 0 Å². The van der Waals surface area contributed by atoms with E-state index in [0.29, 0.717) is 27.8 Å². The second-order valence-electron chi connectivity index (χ2n) is 4.77. The number of fused-ring (bicyclic) bond motifs is 1. The summed E-state index contributed by atoms with van der Waals surface area (Å²) in [7, 11) is 1.30. The quantitative estimate of drug-likeness (QED) is 0.446. The fourth-order valence-electron chi connectivity index (χ4n) is 2.36. The van der Waals surface area contributed by atoms with Gasteiger partial charge in [-0.05, 0) is 29.8 Å². The Morgan fingerprint density at radius 3 is 2.59 bits per heavy atom. The first-order valence-corrected chi connectivity index (χ1v) is 6.61. The molecule has 22 heavy (non-hydrogen) atoms. The van der Waals surface area contributed by atoms with Crippen LogP contribution in [-0.2, 0) is 4.74 Å². The molecule has 110 valence electrons. The molecular formula is C17H13NO4. The first kappa shape index (κ1) is 13.9. The Labute approximate surface area is 125 Å². The molecule has 2 N–H and O–H groups in total. The molecule has 1 aromatic heterocycles. The van der Waals surface area contributed by atoms with Crippen LogP contribution in [0.25, 0.3) is 22.1 Å². The second kappa shape index (κ2) is 5.37. The maximum atomic E-state index is 12.1. The van der Waals surface area contributed by atoms with Gasteiger partial charge in [0, 0.05) is 22.7 Å². The van der Waals surface area contributed by atoms with E-state index < -0.39 is 11.6 Å². The predicted octanol–water partition coefficient (Wildman–Crippen LogP) is 2.83. The van der Waals surface area contributed by atoms with E-state index in [1.54, 1.807) is 18.2 Å². The molecule has 0 spiro atoms. The van der Waals surface area contributed by atoms with Crippen molar-refractivity contribution in [2.45, 2.75) is 0 Å². The molecule has 0 aliphatic heterocycles. The summed E-state index contributed by atoms with van der Waals surface area (Å²) in [5.74, 6) is -0.522. The molecule has 0 saturated heterocycles. The molecule has 0 aliphatic rings. The number of ether oxygens (including phenoxy) is 1. The molecule has 0 fully saturated rings. The van der Waals surface area contributed by atoms with Gasteiger partial charge in [-0.2, -0.15) is 0 Å². The number of anilines is 1. The van der Waals surface area contributed by atoms with Crippen molar-refractivity contribution < 1.29 is 13.9 Å². The first-order chi connectivity index (χ1) is 10.6. The minimum absolute atomic E-state index is 0.294. The summed E-state index contributed by atoms with van der Waals surface area (Å²) < 4.78 is 9.94. The molecule has 0 radical (unpaired) electrons. The highest BCUT2D eigenvalue weighted by molar-refractivity contribution is 6.03. The van der Waals surface area contributed by atoms with Gasteiger partial charge in [-0.25, -0.2) is 9.59 Å². The first-order valence-electron chi connectivity index (χ1n) is 6.61. The Morgan fingerprint density at radius 1 is 1.09 bits per heavy atom. The second-order valence-corrected chi connectivity index (χ2v) is 4.77. The summed E-state index contributed by atoms with van der Waals surface area (Å²) in [6, 6.07) is 13.5. The fourth-order valence-corrected chi connectivity index (χ4v) is 2.36. The largest absolute Gasteiger partial charge is 0.465 e. The molecule has 0 aliphatic carbocycles. The summed E-state index contributed by atoms with van der Waals surface area (Å²) in [5.41, 5.74) is 8.04. The molecule has 1 heterocycles. The van der Waals surface area contributed by atoms with E-state index in [-0.39, 0.29) is 0 Å². The molecule has 0 amide bonds. The lowest BCUT2D eigenvalue weighted by atomic mass is 9.96. The minimum atomic E-state index is -0.522. The number of nitrogens with two attached hydrogens (primary N) is 1. The molecule has 0 unspecified atom stereocenters. The van der Waals surface area contributed by atoms with Gasteiger partial charge in [0.25, 0.3) is 0 Å². The Bertz CT molecular complexity index is 927. The number of methoxy groups -OCH3 is 1. The average molecular weight is 295 g/mol. The van der Waals surface area contributed by atoms with Crippen molar-refractivity contribution in [1.82, 2.24) is 0 Å². The number of benzene rings is 2. The molecular weight excluding hydrogens is 282 g/mol. The van der Waals surface area contributed by atoms with Crippen LogP contribution in [0.1, 0.15) is 10.4 Å². The number of para-hydroxylation sites is 1. The third-order valence-electron chi connectivity index (χ3n) is 3.42. The van der Waals surface area contributed by atoms with Crippen LogP contribution in [0.2, 0.25) is 0 Å². The lowest BCUT2D eigenvalue weighted by Crippen LogP contribution is -2.05. The van der Waals surface area contributed by atoms with Crippen LogP contribution < -0.4 is 11.4 Å². The Hall–Kier alpha value is -3.08. The van der Waals surface area contributed by atoms with Gasteiger partial charge in [0.1, 0.15) is 5.58 Å². The lowest BCUT2D eigenvalue weighted by molar-refractivity contribution is 0.0601. The number of carbonyl (C=O) groups excluding carboxylic acids is 1. The number of carbonyl (C=O) groups is 1. The summed E-state index contributed by atoms with van der Waals surface area (Å²) >= 11 is 0. The van der Waals surface area contributed by atoms with Gasteiger partial charge >= 0.3 is 11.6 Å². The van der Waals surface area contributed by atoms with E-state index in [1.165, 1.54) is 19.2 Å². The standard InChI is InChI=1S/C17H13NO4/c1-21-17(20)13-9-15-10(6-7-16(19)22-15)8-12(13)11-4-2-3-5-14(11)18/h2-9H,18H2,1H3. The number of esters is 1. The van der Waals surface area contributed by atoms with Crippen molar-refractivity contribution in [3.8, 4) is 11.1 Å². The van der Waals surface area contributed by atoms with Gasteiger partial charge < -0.3 is 14.9 Å². The number of hydrogen-bond acceptors (Lipinski definition) is 5. The van der Waals surface area contributed by atoms with E-state index in [9.17, 15) is 9.59 Å². The molecule has 3 rings (SSSR count). The summed E-state index contributed by atoms with van der Waals surface area (Å²) in [5, 5.41) is 0.700. The molecule has 5 nitrogen and oxygen atoms in total. The Balaban J connectivity index is 2.36. The number of hydrogen-bond donors (Lipinski definition) is 1. The van der Waals surface area contributed by atoms with Gasteiger partial charge in [-0.3, -0.25) is 0 Å². The van der Waals surface area contributed by atoms with E-state index in [0.717, 1.165) is 5.56 Å². The van der Waals surface area contributed by atoms with Crippen molar-refractivity contribution >= 4 is 22.6 Å². The van der Waals surface area contributed by atoms with E-state index in [2.05, 4.69) is 0 Å². The van der Waals surface area contributed by atoms with Crippen LogP contribution in [0, 0.1) is 0 Å². The third-order valence-corrected chi connectivity index (χ3v) is 3.42. The molecule has 5 heteroatoms.